The summed E-state index contributed by atoms with van der Waals surface area (Å²) in [6.45, 7) is 4.84. The molecule has 0 bridgehead atoms. The first-order valence-corrected chi connectivity index (χ1v) is 5.92. The van der Waals surface area contributed by atoms with Crippen molar-refractivity contribution < 1.29 is 0 Å². The van der Waals surface area contributed by atoms with E-state index >= 15 is 0 Å². The Balaban J connectivity index is 2.30. The summed E-state index contributed by atoms with van der Waals surface area (Å²) in [5, 5.41) is 12.1. The number of halogens is 1. The summed E-state index contributed by atoms with van der Waals surface area (Å²) in [5.41, 5.74) is 2.87. The highest BCUT2D eigenvalue weighted by molar-refractivity contribution is 6.31. The standard InChI is InChI=1S/C13H14ClN3/c1-3-15-13-7-6-12(16-17-13)10-5-4-9(2)11(14)8-10/h4-8H,3H2,1-2H3,(H,15,17). The van der Waals surface area contributed by atoms with E-state index in [0.717, 1.165) is 34.2 Å². The Morgan fingerprint density at radius 2 is 2.00 bits per heavy atom. The monoisotopic (exact) mass is 247 g/mol. The fraction of sp³-hybridized carbons (Fsp3) is 0.231. The van der Waals surface area contributed by atoms with E-state index in [1.807, 2.05) is 44.2 Å². The minimum Gasteiger partial charge on any atom is -0.369 e. The summed E-state index contributed by atoms with van der Waals surface area (Å²) in [5.74, 6) is 0.787. The summed E-state index contributed by atoms with van der Waals surface area (Å²) in [4.78, 5) is 0. The van der Waals surface area contributed by atoms with Crippen molar-refractivity contribution >= 4 is 17.4 Å². The van der Waals surface area contributed by atoms with Gasteiger partial charge < -0.3 is 5.32 Å². The van der Waals surface area contributed by atoms with Crippen molar-refractivity contribution in [3.8, 4) is 11.3 Å². The second kappa shape index (κ2) is 5.15. The van der Waals surface area contributed by atoms with Crippen molar-refractivity contribution in [1.82, 2.24) is 10.2 Å². The molecule has 0 saturated heterocycles. The molecule has 1 aromatic heterocycles. The lowest BCUT2D eigenvalue weighted by atomic mass is 10.1. The van der Waals surface area contributed by atoms with E-state index in [0.29, 0.717) is 0 Å². The van der Waals surface area contributed by atoms with Crippen LogP contribution in [0.15, 0.2) is 30.3 Å². The van der Waals surface area contributed by atoms with Crippen LogP contribution in [0.3, 0.4) is 0 Å². The highest BCUT2D eigenvalue weighted by atomic mass is 35.5. The van der Waals surface area contributed by atoms with Gasteiger partial charge >= 0.3 is 0 Å². The van der Waals surface area contributed by atoms with E-state index in [4.69, 9.17) is 11.6 Å². The second-order valence-electron chi connectivity index (χ2n) is 3.80. The van der Waals surface area contributed by atoms with Gasteiger partial charge in [0.25, 0.3) is 0 Å². The van der Waals surface area contributed by atoms with E-state index in [2.05, 4.69) is 15.5 Å². The van der Waals surface area contributed by atoms with E-state index in [1.54, 1.807) is 0 Å². The first-order valence-electron chi connectivity index (χ1n) is 5.55. The second-order valence-corrected chi connectivity index (χ2v) is 4.21. The number of benzene rings is 1. The molecule has 0 atom stereocenters. The molecule has 0 fully saturated rings. The first-order chi connectivity index (χ1) is 8.20. The van der Waals surface area contributed by atoms with E-state index in [-0.39, 0.29) is 0 Å². The van der Waals surface area contributed by atoms with Crippen LogP contribution in [0.1, 0.15) is 12.5 Å². The van der Waals surface area contributed by atoms with Crippen molar-refractivity contribution in [2.24, 2.45) is 0 Å². The Bertz CT molecular complexity index is 509. The molecule has 2 rings (SSSR count). The van der Waals surface area contributed by atoms with Gasteiger partial charge in [0.15, 0.2) is 0 Å². The maximum absolute atomic E-state index is 6.08. The highest BCUT2D eigenvalue weighted by Crippen LogP contribution is 2.23. The minimum atomic E-state index is 0.750. The van der Waals surface area contributed by atoms with Gasteiger partial charge in [-0.05, 0) is 37.6 Å². The predicted molar refractivity (Wildman–Crippen MR) is 71.4 cm³/mol. The zero-order chi connectivity index (χ0) is 12.3. The topological polar surface area (TPSA) is 37.8 Å². The fourth-order valence-electron chi connectivity index (χ4n) is 1.51. The molecule has 0 spiro atoms. The first kappa shape index (κ1) is 11.9. The molecule has 1 heterocycles. The van der Waals surface area contributed by atoms with Gasteiger partial charge in [-0.25, -0.2) is 0 Å². The van der Waals surface area contributed by atoms with Crippen molar-refractivity contribution in [1.29, 1.82) is 0 Å². The van der Waals surface area contributed by atoms with Gasteiger partial charge in [-0.2, -0.15) is 0 Å². The van der Waals surface area contributed by atoms with Gasteiger partial charge in [0, 0.05) is 17.1 Å². The lowest BCUT2D eigenvalue weighted by Crippen LogP contribution is -2.00. The SMILES string of the molecule is CCNc1ccc(-c2ccc(C)c(Cl)c2)nn1. The van der Waals surface area contributed by atoms with Gasteiger partial charge in [-0.3, -0.25) is 0 Å². The number of aryl methyl sites for hydroxylation is 1. The van der Waals surface area contributed by atoms with Gasteiger partial charge in [0.1, 0.15) is 5.82 Å². The molecule has 0 amide bonds. The lowest BCUT2D eigenvalue weighted by molar-refractivity contribution is 1.02. The van der Waals surface area contributed by atoms with E-state index < -0.39 is 0 Å². The van der Waals surface area contributed by atoms with Crippen LogP contribution in [0.4, 0.5) is 5.82 Å². The molecule has 0 aliphatic heterocycles. The van der Waals surface area contributed by atoms with Gasteiger partial charge in [-0.1, -0.05) is 23.7 Å². The number of hydrogen-bond donors (Lipinski definition) is 1. The molecular weight excluding hydrogens is 234 g/mol. The van der Waals surface area contributed by atoms with Crippen LogP contribution in [0.25, 0.3) is 11.3 Å². The third-order valence-corrected chi connectivity index (χ3v) is 2.90. The van der Waals surface area contributed by atoms with Crippen molar-refractivity contribution in [3.63, 3.8) is 0 Å². The zero-order valence-electron chi connectivity index (χ0n) is 9.87. The molecular formula is C13H14ClN3. The average molecular weight is 248 g/mol. The molecule has 4 heteroatoms. The van der Waals surface area contributed by atoms with E-state index in [9.17, 15) is 0 Å². The Labute approximate surface area is 106 Å². The number of nitrogens with zero attached hydrogens (tertiary/aromatic N) is 2. The van der Waals surface area contributed by atoms with Crippen LogP contribution in [-0.4, -0.2) is 16.7 Å². The molecule has 1 aromatic carbocycles. The average Bonchev–Trinajstić information content (AvgIpc) is 2.34. The molecule has 1 N–H and O–H groups in total. The Morgan fingerprint density at radius 3 is 2.59 bits per heavy atom. The molecule has 0 unspecified atom stereocenters. The molecule has 17 heavy (non-hydrogen) atoms. The highest BCUT2D eigenvalue weighted by Gasteiger charge is 2.03. The smallest absolute Gasteiger partial charge is 0.148 e. The summed E-state index contributed by atoms with van der Waals surface area (Å²) >= 11 is 6.08. The van der Waals surface area contributed by atoms with Crippen LogP contribution in [0.2, 0.25) is 5.02 Å². The van der Waals surface area contributed by atoms with Crippen molar-refractivity contribution in [2.75, 3.05) is 11.9 Å². The predicted octanol–water partition coefficient (Wildman–Crippen LogP) is 3.54. The van der Waals surface area contributed by atoms with Gasteiger partial charge in [0.05, 0.1) is 5.69 Å². The van der Waals surface area contributed by atoms with Crippen LogP contribution in [-0.2, 0) is 0 Å². The third kappa shape index (κ3) is 2.74. The molecule has 3 nitrogen and oxygen atoms in total. The van der Waals surface area contributed by atoms with Crippen LogP contribution >= 0.6 is 11.6 Å². The van der Waals surface area contributed by atoms with Gasteiger partial charge in [0.2, 0.25) is 0 Å². The Hall–Kier alpha value is -1.61. The zero-order valence-corrected chi connectivity index (χ0v) is 10.6. The van der Waals surface area contributed by atoms with Crippen LogP contribution < -0.4 is 5.32 Å². The van der Waals surface area contributed by atoms with Crippen LogP contribution in [0, 0.1) is 6.92 Å². The lowest BCUT2D eigenvalue weighted by Gasteiger charge is -2.04. The molecule has 0 radical (unpaired) electrons. The van der Waals surface area contributed by atoms with Crippen molar-refractivity contribution in [2.45, 2.75) is 13.8 Å². The molecule has 0 aliphatic carbocycles. The molecule has 0 aliphatic rings. The summed E-state index contributed by atoms with van der Waals surface area (Å²) in [6, 6.07) is 9.75. The molecule has 88 valence electrons. The Morgan fingerprint density at radius 1 is 1.18 bits per heavy atom. The molecule has 0 saturated carbocycles. The number of rotatable bonds is 3. The quantitative estimate of drug-likeness (QED) is 0.902. The van der Waals surface area contributed by atoms with E-state index in [1.165, 1.54) is 0 Å². The Kier molecular flexibility index (Phi) is 3.59. The van der Waals surface area contributed by atoms with Crippen LogP contribution in [0.5, 0.6) is 0 Å². The van der Waals surface area contributed by atoms with Gasteiger partial charge in [-0.15, -0.1) is 10.2 Å². The minimum absolute atomic E-state index is 0.750. The number of aromatic nitrogens is 2. The number of anilines is 1. The number of hydrogen-bond acceptors (Lipinski definition) is 3. The number of nitrogens with one attached hydrogen (secondary N) is 1. The summed E-state index contributed by atoms with van der Waals surface area (Å²) in [6.07, 6.45) is 0. The maximum Gasteiger partial charge on any atom is 0.148 e. The summed E-state index contributed by atoms with van der Waals surface area (Å²) in [7, 11) is 0. The normalized spacial score (nSPS) is 10.3. The summed E-state index contributed by atoms with van der Waals surface area (Å²) < 4.78 is 0. The maximum atomic E-state index is 6.08. The third-order valence-electron chi connectivity index (χ3n) is 2.49. The largest absolute Gasteiger partial charge is 0.369 e. The fourth-order valence-corrected chi connectivity index (χ4v) is 1.69. The van der Waals surface area contributed by atoms with Crippen molar-refractivity contribution in [3.05, 3.63) is 40.9 Å². The molecule has 2 aromatic rings.